The molecule has 0 bridgehead atoms. The zero-order valence-corrected chi connectivity index (χ0v) is 9.00. The number of imide groups is 1. The Bertz CT molecular complexity index is 404. The van der Waals surface area contributed by atoms with E-state index in [-0.39, 0.29) is 18.5 Å². The number of nitrogens with one attached hydrogen (secondary N) is 1. The molecule has 0 aromatic heterocycles. The summed E-state index contributed by atoms with van der Waals surface area (Å²) in [5.41, 5.74) is 0.657. The molecule has 15 heavy (non-hydrogen) atoms. The Morgan fingerprint density at radius 2 is 2.07 bits per heavy atom. The summed E-state index contributed by atoms with van der Waals surface area (Å²) in [7, 11) is 0. The SMILES string of the molecule is CSc1ccccc1N1C(=O)CNC1=O. The first-order chi connectivity index (χ1) is 7.24. The molecule has 4 nitrogen and oxygen atoms in total. The van der Waals surface area contributed by atoms with Crippen LogP contribution in [-0.4, -0.2) is 24.7 Å². The molecule has 1 fully saturated rings. The van der Waals surface area contributed by atoms with Crippen LogP contribution in [0, 0.1) is 0 Å². The third-order valence-corrected chi connectivity index (χ3v) is 2.95. The van der Waals surface area contributed by atoms with Crippen LogP contribution in [0.2, 0.25) is 0 Å². The fourth-order valence-corrected chi connectivity index (χ4v) is 2.06. The van der Waals surface area contributed by atoms with Gasteiger partial charge in [0.15, 0.2) is 0 Å². The number of benzene rings is 1. The number of carbonyl (C=O) groups is 2. The van der Waals surface area contributed by atoms with Crippen molar-refractivity contribution in [2.45, 2.75) is 4.90 Å². The highest BCUT2D eigenvalue weighted by Gasteiger charge is 2.31. The van der Waals surface area contributed by atoms with Gasteiger partial charge in [0.05, 0.1) is 12.2 Å². The second-order valence-electron chi connectivity index (χ2n) is 3.06. The zero-order valence-electron chi connectivity index (χ0n) is 8.19. The van der Waals surface area contributed by atoms with Gasteiger partial charge in [0, 0.05) is 4.90 Å². The van der Waals surface area contributed by atoms with Gasteiger partial charge in [0.2, 0.25) is 0 Å². The molecule has 1 saturated heterocycles. The van der Waals surface area contributed by atoms with Crippen LogP contribution in [0.15, 0.2) is 29.2 Å². The second-order valence-corrected chi connectivity index (χ2v) is 3.91. The first-order valence-electron chi connectivity index (χ1n) is 4.48. The average molecular weight is 222 g/mol. The fourth-order valence-electron chi connectivity index (χ4n) is 1.48. The predicted octanol–water partition coefficient (Wildman–Crippen LogP) is 1.46. The average Bonchev–Trinajstić information content (AvgIpc) is 2.59. The number of urea groups is 1. The third kappa shape index (κ3) is 1.70. The molecular formula is C10H10N2O2S. The second kappa shape index (κ2) is 3.94. The van der Waals surface area contributed by atoms with E-state index in [0.29, 0.717) is 5.69 Å². The van der Waals surface area contributed by atoms with E-state index >= 15 is 0 Å². The number of anilines is 1. The van der Waals surface area contributed by atoms with E-state index < -0.39 is 0 Å². The van der Waals surface area contributed by atoms with E-state index in [1.54, 1.807) is 6.07 Å². The third-order valence-electron chi connectivity index (χ3n) is 2.17. The first-order valence-corrected chi connectivity index (χ1v) is 5.70. The van der Waals surface area contributed by atoms with Crippen molar-refractivity contribution >= 4 is 29.4 Å². The minimum Gasteiger partial charge on any atom is -0.328 e. The highest BCUT2D eigenvalue weighted by atomic mass is 32.2. The highest BCUT2D eigenvalue weighted by Crippen LogP contribution is 2.29. The van der Waals surface area contributed by atoms with Crippen LogP contribution in [0.1, 0.15) is 0 Å². The summed E-state index contributed by atoms with van der Waals surface area (Å²) >= 11 is 1.51. The maximum atomic E-state index is 11.5. The fraction of sp³-hybridized carbons (Fsp3) is 0.200. The number of carbonyl (C=O) groups excluding carboxylic acids is 2. The van der Waals surface area contributed by atoms with Crippen molar-refractivity contribution in [3.05, 3.63) is 24.3 Å². The zero-order chi connectivity index (χ0) is 10.8. The predicted molar refractivity (Wildman–Crippen MR) is 59.1 cm³/mol. The van der Waals surface area contributed by atoms with Crippen LogP contribution in [-0.2, 0) is 4.79 Å². The van der Waals surface area contributed by atoms with E-state index in [1.807, 2.05) is 24.5 Å². The number of hydrogen-bond acceptors (Lipinski definition) is 3. The lowest BCUT2D eigenvalue weighted by Gasteiger charge is -2.15. The monoisotopic (exact) mass is 222 g/mol. The lowest BCUT2D eigenvalue weighted by molar-refractivity contribution is -0.115. The Balaban J connectivity index is 2.44. The molecule has 5 heteroatoms. The molecular weight excluding hydrogens is 212 g/mol. The van der Waals surface area contributed by atoms with E-state index in [2.05, 4.69) is 5.32 Å². The molecule has 1 aromatic rings. The number of hydrogen-bond donors (Lipinski definition) is 1. The molecule has 0 unspecified atom stereocenters. The molecule has 1 aliphatic rings. The minimum absolute atomic E-state index is 0.0849. The maximum absolute atomic E-state index is 11.5. The van der Waals surface area contributed by atoms with Crippen LogP contribution in [0.5, 0.6) is 0 Å². The van der Waals surface area contributed by atoms with Crippen molar-refractivity contribution < 1.29 is 9.59 Å². The van der Waals surface area contributed by atoms with E-state index in [4.69, 9.17) is 0 Å². The first kappa shape index (κ1) is 10.0. The van der Waals surface area contributed by atoms with Gasteiger partial charge >= 0.3 is 6.03 Å². The topological polar surface area (TPSA) is 49.4 Å². The molecule has 0 spiro atoms. The molecule has 1 heterocycles. The maximum Gasteiger partial charge on any atom is 0.329 e. The van der Waals surface area contributed by atoms with Crippen LogP contribution in [0.4, 0.5) is 10.5 Å². The molecule has 0 aliphatic carbocycles. The normalized spacial score (nSPS) is 15.7. The Morgan fingerprint density at radius 3 is 2.67 bits per heavy atom. The number of para-hydroxylation sites is 1. The van der Waals surface area contributed by atoms with Crippen LogP contribution < -0.4 is 10.2 Å². The van der Waals surface area contributed by atoms with Crippen molar-refractivity contribution in [1.82, 2.24) is 5.32 Å². The van der Waals surface area contributed by atoms with Crippen LogP contribution in [0.25, 0.3) is 0 Å². The van der Waals surface area contributed by atoms with E-state index in [9.17, 15) is 9.59 Å². The molecule has 1 aliphatic heterocycles. The van der Waals surface area contributed by atoms with Gasteiger partial charge in [-0.05, 0) is 18.4 Å². The molecule has 78 valence electrons. The molecule has 0 saturated carbocycles. The Hall–Kier alpha value is -1.49. The van der Waals surface area contributed by atoms with Crippen molar-refractivity contribution in [3.63, 3.8) is 0 Å². The van der Waals surface area contributed by atoms with Gasteiger partial charge < -0.3 is 5.32 Å². The number of nitrogens with zero attached hydrogens (tertiary/aromatic N) is 1. The molecule has 1 N–H and O–H groups in total. The van der Waals surface area contributed by atoms with Gasteiger partial charge in [0.1, 0.15) is 0 Å². The van der Waals surface area contributed by atoms with E-state index in [0.717, 1.165) is 4.90 Å². The van der Waals surface area contributed by atoms with Crippen molar-refractivity contribution in [2.24, 2.45) is 0 Å². The molecule has 3 amide bonds. The van der Waals surface area contributed by atoms with Crippen molar-refractivity contribution in [2.75, 3.05) is 17.7 Å². The molecule has 1 aromatic carbocycles. The summed E-state index contributed by atoms with van der Waals surface area (Å²) < 4.78 is 0. The number of rotatable bonds is 2. The Kier molecular flexibility index (Phi) is 2.64. The van der Waals surface area contributed by atoms with E-state index in [1.165, 1.54) is 16.7 Å². The van der Waals surface area contributed by atoms with Crippen molar-refractivity contribution in [1.29, 1.82) is 0 Å². The van der Waals surface area contributed by atoms with Gasteiger partial charge in [-0.2, -0.15) is 0 Å². The summed E-state index contributed by atoms with van der Waals surface area (Å²) in [5.74, 6) is -0.207. The number of thioether (sulfide) groups is 1. The molecule has 0 radical (unpaired) electrons. The highest BCUT2D eigenvalue weighted by molar-refractivity contribution is 7.98. The standard InChI is InChI=1S/C10H10N2O2S/c1-15-8-5-3-2-4-7(8)12-9(13)6-11-10(12)14/h2-5H,6H2,1H3,(H,11,14). The molecule has 2 rings (SSSR count). The van der Waals surface area contributed by atoms with Gasteiger partial charge in [-0.3, -0.25) is 4.79 Å². The van der Waals surface area contributed by atoms with Gasteiger partial charge in [-0.25, -0.2) is 9.69 Å². The summed E-state index contributed by atoms with van der Waals surface area (Å²) in [5, 5.41) is 2.50. The van der Waals surface area contributed by atoms with Gasteiger partial charge in [-0.1, -0.05) is 12.1 Å². The minimum atomic E-state index is -0.346. The summed E-state index contributed by atoms with van der Waals surface area (Å²) in [6, 6.07) is 7.01. The lowest BCUT2D eigenvalue weighted by atomic mass is 10.3. The largest absolute Gasteiger partial charge is 0.329 e. The quantitative estimate of drug-likeness (QED) is 0.609. The Labute approximate surface area is 91.6 Å². The van der Waals surface area contributed by atoms with Gasteiger partial charge in [-0.15, -0.1) is 11.8 Å². The van der Waals surface area contributed by atoms with Crippen molar-refractivity contribution in [3.8, 4) is 0 Å². The summed E-state index contributed by atoms with van der Waals surface area (Å²) in [6.07, 6.45) is 1.91. The van der Waals surface area contributed by atoms with Crippen LogP contribution >= 0.6 is 11.8 Å². The Morgan fingerprint density at radius 1 is 1.33 bits per heavy atom. The van der Waals surface area contributed by atoms with Crippen LogP contribution in [0.3, 0.4) is 0 Å². The molecule has 0 atom stereocenters. The lowest BCUT2D eigenvalue weighted by Crippen LogP contribution is -2.31. The summed E-state index contributed by atoms with van der Waals surface area (Å²) in [6.45, 7) is 0.0849. The van der Waals surface area contributed by atoms with Gasteiger partial charge in [0.25, 0.3) is 5.91 Å². The summed E-state index contributed by atoms with van der Waals surface area (Å²) in [4.78, 5) is 25.0. The number of amides is 3. The smallest absolute Gasteiger partial charge is 0.328 e.